The molecule has 22 heavy (non-hydrogen) atoms. The van der Waals surface area contributed by atoms with E-state index in [1.54, 1.807) is 18.2 Å². The van der Waals surface area contributed by atoms with Crippen molar-refractivity contribution < 1.29 is 29.0 Å². The zero-order chi connectivity index (χ0) is 16.8. The molecule has 1 rings (SSSR count). The summed E-state index contributed by atoms with van der Waals surface area (Å²) in [7, 11) is 0. The van der Waals surface area contributed by atoms with Gasteiger partial charge in [0, 0.05) is 5.56 Å². The Morgan fingerprint density at radius 3 is 1.95 bits per heavy atom. The van der Waals surface area contributed by atoms with Gasteiger partial charge in [-0.1, -0.05) is 30.3 Å². The Morgan fingerprint density at radius 1 is 1.09 bits per heavy atom. The van der Waals surface area contributed by atoms with E-state index < -0.39 is 28.7 Å². The topological polar surface area (TPSA) is 89.9 Å². The van der Waals surface area contributed by atoms with Crippen LogP contribution in [0.3, 0.4) is 0 Å². The molecule has 0 radical (unpaired) electrons. The van der Waals surface area contributed by atoms with Gasteiger partial charge in [-0.05, 0) is 13.8 Å². The molecule has 0 fully saturated rings. The molecule has 1 N–H and O–H groups in total. The number of aliphatic hydroxyl groups is 1. The lowest BCUT2D eigenvalue weighted by molar-refractivity contribution is -0.182. The number of esters is 2. The maximum Gasteiger partial charge on any atom is 0.352 e. The lowest BCUT2D eigenvalue weighted by Gasteiger charge is -2.27. The monoisotopic (exact) mass is 328 g/mol. The Kier molecular flexibility index (Phi) is 6.52. The highest BCUT2D eigenvalue weighted by molar-refractivity contribution is 6.39. The first kappa shape index (κ1) is 18.1. The molecule has 7 heteroatoms. The third-order valence-corrected chi connectivity index (χ3v) is 3.34. The van der Waals surface area contributed by atoms with Crippen molar-refractivity contribution in [2.45, 2.75) is 24.8 Å². The van der Waals surface area contributed by atoms with Crippen LogP contribution >= 0.6 is 11.6 Å². The minimum absolute atomic E-state index is 0.0936. The van der Waals surface area contributed by atoms with E-state index in [9.17, 15) is 19.5 Å². The van der Waals surface area contributed by atoms with Crippen LogP contribution in [0, 0.1) is 0 Å². The Bertz CT molecular complexity index is 524. The summed E-state index contributed by atoms with van der Waals surface area (Å²) < 4.78 is 9.31. The van der Waals surface area contributed by atoms with Gasteiger partial charge in [0.05, 0.1) is 13.2 Å². The summed E-state index contributed by atoms with van der Waals surface area (Å²) in [4.78, 5) is 36.2. The Balaban J connectivity index is 3.17. The molecule has 0 aliphatic carbocycles. The normalized spacial score (nSPS) is 12.4. The van der Waals surface area contributed by atoms with E-state index in [2.05, 4.69) is 9.47 Å². The number of carbonyl (C=O) groups excluding carboxylic acids is 3. The lowest BCUT2D eigenvalue weighted by atomic mass is 9.93. The molecule has 0 heterocycles. The Labute approximate surface area is 133 Å². The molecule has 120 valence electrons. The molecule has 6 nitrogen and oxygen atoms in total. The van der Waals surface area contributed by atoms with E-state index in [1.807, 2.05) is 0 Å². The van der Waals surface area contributed by atoms with Gasteiger partial charge < -0.3 is 14.6 Å². The maximum absolute atomic E-state index is 12.3. The molecule has 1 unspecified atom stereocenters. The number of carbonyl (C=O) groups is 3. The summed E-state index contributed by atoms with van der Waals surface area (Å²) in [6, 6.07) is 7.76. The fourth-order valence-electron chi connectivity index (χ4n) is 1.71. The number of hydrogen-bond acceptors (Lipinski definition) is 6. The van der Waals surface area contributed by atoms with Crippen molar-refractivity contribution in [1.29, 1.82) is 0 Å². The summed E-state index contributed by atoms with van der Waals surface area (Å²) in [5, 5.41) is 8.54. The van der Waals surface area contributed by atoms with Gasteiger partial charge in [0.15, 0.2) is 5.78 Å². The number of Topliss-reactive ketones (excluding diaryl/α,β-unsaturated/α-hetero) is 1. The van der Waals surface area contributed by atoms with Crippen LogP contribution < -0.4 is 0 Å². The van der Waals surface area contributed by atoms with Crippen LogP contribution in [0.15, 0.2) is 30.3 Å². The minimum Gasteiger partial charge on any atom is -0.463 e. The van der Waals surface area contributed by atoms with Crippen molar-refractivity contribution >= 4 is 29.3 Å². The van der Waals surface area contributed by atoms with E-state index in [1.165, 1.54) is 26.0 Å². The minimum atomic E-state index is -2.90. The third-order valence-electron chi connectivity index (χ3n) is 2.83. The SMILES string of the molecule is CCOC(=O)C(O)(C(=O)OCC)C(Cl)C(=O)c1ccccc1. The molecular weight excluding hydrogens is 312 g/mol. The van der Waals surface area contributed by atoms with Crippen LogP contribution in [0.1, 0.15) is 24.2 Å². The summed E-state index contributed by atoms with van der Waals surface area (Å²) in [6.45, 7) is 2.80. The standard InChI is InChI=1S/C15H17ClO6/c1-3-21-13(18)15(20,14(19)22-4-2)12(16)11(17)10-8-6-5-7-9-10/h5-9,12,20H,3-4H2,1-2H3. The van der Waals surface area contributed by atoms with Gasteiger partial charge in [0.2, 0.25) is 0 Å². The quantitative estimate of drug-likeness (QED) is 0.351. The number of hydrogen-bond donors (Lipinski definition) is 1. The number of benzene rings is 1. The molecule has 0 aliphatic rings. The van der Waals surface area contributed by atoms with Gasteiger partial charge in [-0.15, -0.1) is 11.6 Å². The number of alkyl halides is 1. The molecule has 0 saturated carbocycles. The van der Waals surface area contributed by atoms with Gasteiger partial charge in [0.1, 0.15) is 5.38 Å². The Morgan fingerprint density at radius 2 is 1.55 bits per heavy atom. The van der Waals surface area contributed by atoms with Crippen LogP contribution in [0.25, 0.3) is 0 Å². The average molecular weight is 329 g/mol. The molecule has 0 saturated heterocycles. The summed E-state index contributed by atoms with van der Waals surface area (Å²) in [5.74, 6) is -3.43. The number of ether oxygens (including phenoxy) is 2. The predicted octanol–water partition coefficient (Wildman–Crippen LogP) is 1.33. The van der Waals surface area contributed by atoms with Crippen LogP contribution in [0.2, 0.25) is 0 Å². The van der Waals surface area contributed by atoms with Crippen LogP contribution in [-0.4, -0.2) is 47.0 Å². The number of ketones is 1. The molecule has 0 spiro atoms. The smallest absolute Gasteiger partial charge is 0.352 e. The van der Waals surface area contributed by atoms with Crippen molar-refractivity contribution in [2.75, 3.05) is 13.2 Å². The van der Waals surface area contributed by atoms with Gasteiger partial charge in [-0.3, -0.25) is 4.79 Å². The summed E-state index contributed by atoms with van der Waals surface area (Å²) in [5.41, 5.74) is -2.75. The molecule has 0 bridgehead atoms. The molecule has 0 aromatic heterocycles. The number of rotatable bonds is 7. The van der Waals surface area contributed by atoms with E-state index in [0.717, 1.165) is 0 Å². The summed E-state index contributed by atoms with van der Waals surface area (Å²) >= 11 is 5.93. The van der Waals surface area contributed by atoms with Gasteiger partial charge in [0.25, 0.3) is 5.60 Å². The highest BCUT2D eigenvalue weighted by atomic mass is 35.5. The van der Waals surface area contributed by atoms with Crippen LogP contribution in [-0.2, 0) is 19.1 Å². The van der Waals surface area contributed by atoms with Crippen molar-refractivity contribution in [1.82, 2.24) is 0 Å². The van der Waals surface area contributed by atoms with E-state index in [0.29, 0.717) is 0 Å². The highest BCUT2D eigenvalue weighted by Gasteiger charge is 2.56. The van der Waals surface area contributed by atoms with Gasteiger partial charge in [-0.2, -0.15) is 0 Å². The van der Waals surface area contributed by atoms with Crippen LogP contribution in [0.4, 0.5) is 0 Å². The lowest BCUT2D eigenvalue weighted by Crippen LogP contribution is -2.58. The van der Waals surface area contributed by atoms with Crippen molar-refractivity contribution in [3.63, 3.8) is 0 Å². The second-order valence-corrected chi connectivity index (χ2v) is 4.74. The second kappa shape index (κ2) is 7.91. The van der Waals surface area contributed by atoms with E-state index >= 15 is 0 Å². The zero-order valence-corrected chi connectivity index (χ0v) is 13.0. The van der Waals surface area contributed by atoms with Crippen molar-refractivity contribution in [3.05, 3.63) is 35.9 Å². The zero-order valence-electron chi connectivity index (χ0n) is 12.2. The molecule has 0 aliphatic heterocycles. The predicted molar refractivity (Wildman–Crippen MR) is 78.6 cm³/mol. The third kappa shape index (κ3) is 3.64. The second-order valence-electron chi connectivity index (χ2n) is 4.30. The largest absolute Gasteiger partial charge is 0.463 e. The molecule has 1 aromatic carbocycles. The summed E-state index contributed by atoms with van der Waals surface area (Å²) in [6.07, 6.45) is 0. The highest BCUT2D eigenvalue weighted by Crippen LogP contribution is 2.24. The Hall–Kier alpha value is -1.92. The van der Waals surface area contributed by atoms with Crippen molar-refractivity contribution in [2.24, 2.45) is 0 Å². The fraction of sp³-hybridized carbons (Fsp3) is 0.400. The first-order chi connectivity index (χ1) is 10.4. The van der Waals surface area contributed by atoms with Gasteiger partial charge in [-0.25, -0.2) is 9.59 Å². The van der Waals surface area contributed by atoms with Crippen LogP contribution in [0.5, 0.6) is 0 Å². The number of halogens is 1. The molecule has 1 atom stereocenters. The first-order valence-corrected chi connectivity index (χ1v) is 7.13. The molecule has 1 aromatic rings. The maximum atomic E-state index is 12.3. The van der Waals surface area contributed by atoms with E-state index in [-0.39, 0.29) is 18.8 Å². The molecule has 0 amide bonds. The van der Waals surface area contributed by atoms with Crippen molar-refractivity contribution in [3.8, 4) is 0 Å². The first-order valence-electron chi connectivity index (χ1n) is 6.69. The molecular formula is C15H17ClO6. The average Bonchev–Trinajstić information content (AvgIpc) is 2.53. The van der Waals surface area contributed by atoms with Gasteiger partial charge >= 0.3 is 11.9 Å². The van der Waals surface area contributed by atoms with E-state index in [4.69, 9.17) is 11.6 Å². The fourth-order valence-corrected chi connectivity index (χ4v) is 2.02.